The van der Waals surface area contributed by atoms with Gasteiger partial charge in [-0.25, -0.2) is 4.99 Å². The van der Waals surface area contributed by atoms with Gasteiger partial charge < -0.3 is 9.84 Å². The van der Waals surface area contributed by atoms with E-state index in [-0.39, 0.29) is 17.4 Å². The monoisotopic (exact) mass is 199 g/mol. The lowest BCUT2D eigenvalue weighted by Gasteiger charge is -2.21. The molecule has 3 nitrogen and oxygen atoms in total. The lowest BCUT2D eigenvalue weighted by atomic mass is 9.88. The van der Waals surface area contributed by atoms with Gasteiger partial charge in [0.15, 0.2) is 0 Å². The first-order chi connectivity index (χ1) is 6.32. The molecular weight excluding hydrogens is 178 g/mol. The van der Waals surface area contributed by atoms with E-state index in [1.54, 1.807) is 0 Å². The van der Waals surface area contributed by atoms with Crippen LogP contribution in [0.2, 0.25) is 0 Å². The average molecular weight is 199 g/mol. The van der Waals surface area contributed by atoms with E-state index < -0.39 is 6.10 Å². The molecule has 0 fully saturated rings. The molecule has 14 heavy (non-hydrogen) atoms. The van der Waals surface area contributed by atoms with Crippen molar-refractivity contribution in [3.05, 3.63) is 0 Å². The molecule has 0 saturated carbocycles. The van der Waals surface area contributed by atoms with E-state index in [0.717, 1.165) is 0 Å². The summed E-state index contributed by atoms with van der Waals surface area (Å²) in [4.78, 5) is 4.42. The summed E-state index contributed by atoms with van der Waals surface area (Å²) in [6.45, 7) is 10.9. The Morgan fingerprint density at radius 2 is 2.00 bits per heavy atom. The Morgan fingerprint density at radius 1 is 1.43 bits per heavy atom. The van der Waals surface area contributed by atoms with E-state index >= 15 is 0 Å². The molecule has 0 aliphatic carbocycles. The molecule has 0 saturated heterocycles. The molecule has 0 bridgehead atoms. The van der Waals surface area contributed by atoms with Crippen LogP contribution in [0.5, 0.6) is 0 Å². The topological polar surface area (TPSA) is 41.8 Å². The molecule has 0 amide bonds. The summed E-state index contributed by atoms with van der Waals surface area (Å²) in [6.07, 6.45) is -0.553. The smallest absolute Gasteiger partial charge is 0.213 e. The Labute approximate surface area is 86.2 Å². The molecule has 1 rings (SSSR count). The Morgan fingerprint density at radius 3 is 2.36 bits per heavy atom. The first kappa shape index (κ1) is 11.5. The van der Waals surface area contributed by atoms with E-state index in [4.69, 9.17) is 4.74 Å². The van der Waals surface area contributed by atoms with E-state index in [9.17, 15) is 5.11 Å². The number of hydrogen-bond acceptors (Lipinski definition) is 3. The van der Waals surface area contributed by atoms with Crippen molar-refractivity contribution >= 4 is 5.90 Å². The van der Waals surface area contributed by atoms with E-state index in [0.29, 0.717) is 12.5 Å². The van der Waals surface area contributed by atoms with Crippen molar-refractivity contribution in [1.82, 2.24) is 0 Å². The standard InChI is InChI=1S/C11H21NO2/c1-7(2)9(13)10-12-8(6-14-10)11(3,4)5/h7-9,13H,6H2,1-5H3/t8-,9+/m1/s1. The molecule has 82 valence electrons. The number of aliphatic hydroxyl groups excluding tert-OH is 1. The zero-order valence-electron chi connectivity index (χ0n) is 9.74. The fourth-order valence-corrected chi connectivity index (χ4v) is 1.28. The zero-order chi connectivity index (χ0) is 10.9. The molecule has 2 atom stereocenters. The van der Waals surface area contributed by atoms with Gasteiger partial charge >= 0.3 is 0 Å². The van der Waals surface area contributed by atoms with Crippen LogP contribution in [0.25, 0.3) is 0 Å². The quantitative estimate of drug-likeness (QED) is 0.737. The Kier molecular flexibility index (Phi) is 3.20. The van der Waals surface area contributed by atoms with Crippen molar-refractivity contribution in [3.63, 3.8) is 0 Å². The van der Waals surface area contributed by atoms with Gasteiger partial charge in [-0.2, -0.15) is 0 Å². The summed E-state index contributed by atoms with van der Waals surface area (Å²) in [7, 11) is 0. The number of rotatable bonds is 2. The van der Waals surface area contributed by atoms with Crippen molar-refractivity contribution in [2.24, 2.45) is 16.3 Å². The fourth-order valence-electron chi connectivity index (χ4n) is 1.28. The minimum Gasteiger partial charge on any atom is -0.477 e. The SMILES string of the molecule is CC(C)[C@H](O)C1=N[C@@H](C(C)(C)C)CO1. The number of hydrogen-bond donors (Lipinski definition) is 1. The van der Waals surface area contributed by atoms with Crippen LogP contribution in [0.4, 0.5) is 0 Å². The third-order valence-electron chi connectivity index (χ3n) is 2.56. The predicted octanol–water partition coefficient (Wildman–Crippen LogP) is 1.85. The van der Waals surface area contributed by atoms with Crippen molar-refractivity contribution < 1.29 is 9.84 Å². The maximum absolute atomic E-state index is 9.75. The highest BCUT2D eigenvalue weighted by atomic mass is 16.5. The molecule has 0 aromatic heterocycles. The van der Waals surface area contributed by atoms with E-state index in [1.165, 1.54) is 0 Å². The average Bonchev–Trinajstić information content (AvgIpc) is 2.49. The van der Waals surface area contributed by atoms with Gasteiger partial charge in [0.05, 0.1) is 6.04 Å². The minimum atomic E-state index is -0.553. The lowest BCUT2D eigenvalue weighted by Crippen LogP contribution is -2.26. The van der Waals surface area contributed by atoms with Crippen LogP contribution in [-0.4, -0.2) is 29.8 Å². The maximum Gasteiger partial charge on any atom is 0.213 e. The van der Waals surface area contributed by atoms with Gasteiger partial charge in [0.2, 0.25) is 5.90 Å². The molecule has 1 N–H and O–H groups in total. The van der Waals surface area contributed by atoms with Crippen LogP contribution in [0.1, 0.15) is 34.6 Å². The fraction of sp³-hybridized carbons (Fsp3) is 0.909. The van der Waals surface area contributed by atoms with Crippen LogP contribution < -0.4 is 0 Å². The third kappa shape index (κ3) is 2.47. The number of aliphatic hydroxyl groups is 1. The van der Waals surface area contributed by atoms with Gasteiger partial charge in [-0.3, -0.25) is 0 Å². The highest BCUT2D eigenvalue weighted by molar-refractivity contribution is 5.82. The molecule has 1 heterocycles. The lowest BCUT2D eigenvalue weighted by molar-refractivity contribution is 0.151. The summed E-state index contributed by atoms with van der Waals surface area (Å²) < 4.78 is 5.42. The van der Waals surface area contributed by atoms with Gasteiger partial charge in [0.1, 0.15) is 12.7 Å². The van der Waals surface area contributed by atoms with Crippen LogP contribution in [-0.2, 0) is 4.74 Å². The first-order valence-electron chi connectivity index (χ1n) is 5.21. The molecular formula is C11H21NO2. The second kappa shape index (κ2) is 3.89. The van der Waals surface area contributed by atoms with Crippen molar-refractivity contribution in [2.45, 2.75) is 46.8 Å². The molecule has 0 aromatic rings. The molecule has 0 unspecified atom stereocenters. The predicted molar refractivity (Wildman–Crippen MR) is 57.5 cm³/mol. The van der Waals surface area contributed by atoms with E-state index in [1.807, 2.05) is 13.8 Å². The number of aliphatic imine (C=N–C) groups is 1. The Balaban J connectivity index is 2.68. The van der Waals surface area contributed by atoms with Crippen molar-refractivity contribution in [2.75, 3.05) is 6.61 Å². The molecule has 0 spiro atoms. The van der Waals surface area contributed by atoms with Crippen molar-refractivity contribution in [1.29, 1.82) is 0 Å². The number of nitrogens with zero attached hydrogens (tertiary/aromatic N) is 1. The second-order valence-corrected chi connectivity index (χ2v) is 5.35. The molecule has 3 heteroatoms. The Hall–Kier alpha value is -0.570. The maximum atomic E-state index is 9.75. The normalized spacial score (nSPS) is 24.8. The van der Waals surface area contributed by atoms with Gasteiger partial charge in [0.25, 0.3) is 0 Å². The highest BCUT2D eigenvalue weighted by Gasteiger charge is 2.33. The summed E-state index contributed by atoms with van der Waals surface area (Å²) in [6, 6.07) is 0.172. The van der Waals surface area contributed by atoms with Crippen molar-refractivity contribution in [3.8, 4) is 0 Å². The molecule has 1 aliphatic rings. The van der Waals surface area contributed by atoms with E-state index in [2.05, 4.69) is 25.8 Å². The first-order valence-corrected chi connectivity index (χ1v) is 5.21. The second-order valence-electron chi connectivity index (χ2n) is 5.35. The van der Waals surface area contributed by atoms with Gasteiger partial charge in [0, 0.05) is 0 Å². The summed E-state index contributed by atoms with van der Waals surface area (Å²) >= 11 is 0. The third-order valence-corrected chi connectivity index (χ3v) is 2.56. The molecule has 0 aromatic carbocycles. The van der Waals surface area contributed by atoms with Gasteiger partial charge in [-0.05, 0) is 11.3 Å². The van der Waals surface area contributed by atoms with Crippen LogP contribution >= 0.6 is 0 Å². The minimum absolute atomic E-state index is 0.110. The number of ether oxygens (including phenoxy) is 1. The highest BCUT2D eigenvalue weighted by Crippen LogP contribution is 2.27. The van der Waals surface area contributed by atoms with Crippen LogP contribution in [0.15, 0.2) is 4.99 Å². The summed E-state index contributed by atoms with van der Waals surface area (Å²) in [5.74, 6) is 0.674. The molecule has 0 radical (unpaired) electrons. The summed E-state index contributed by atoms with van der Waals surface area (Å²) in [5.41, 5.74) is 0.110. The molecule has 1 aliphatic heterocycles. The van der Waals surface area contributed by atoms with Gasteiger partial charge in [-0.1, -0.05) is 34.6 Å². The Bertz CT molecular complexity index is 228. The van der Waals surface area contributed by atoms with Gasteiger partial charge in [-0.15, -0.1) is 0 Å². The van der Waals surface area contributed by atoms with Crippen LogP contribution in [0.3, 0.4) is 0 Å². The zero-order valence-corrected chi connectivity index (χ0v) is 9.74. The summed E-state index contributed by atoms with van der Waals surface area (Å²) in [5, 5.41) is 9.75. The largest absolute Gasteiger partial charge is 0.477 e. The van der Waals surface area contributed by atoms with Crippen LogP contribution in [0, 0.1) is 11.3 Å².